The molecule has 0 rings (SSSR count). The Balaban J connectivity index is 4.49. The first-order valence-electron chi connectivity index (χ1n) is 7.06. The van der Waals surface area contributed by atoms with Crippen LogP contribution in [0.4, 0.5) is 0 Å². The number of aliphatic carboxylic acids is 1. The number of carboxylic acids is 1. The summed E-state index contributed by atoms with van der Waals surface area (Å²) in [4.78, 5) is 45.4. The molecular weight excluding hydrogens is 308 g/mol. The summed E-state index contributed by atoms with van der Waals surface area (Å²) in [5.41, 5.74) is 5.61. The Labute approximate surface area is 133 Å². The Bertz CT molecular complexity index is 452. The molecule has 0 aliphatic rings. The van der Waals surface area contributed by atoms with E-state index in [1.807, 2.05) is 5.32 Å². The highest BCUT2D eigenvalue weighted by Crippen LogP contribution is 1.97. The van der Waals surface area contributed by atoms with Crippen molar-refractivity contribution in [1.82, 2.24) is 16.0 Å². The fraction of sp³-hybridized carbons (Fsp3) is 0.692. The molecule has 0 bridgehead atoms. The third kappa shape index (κ3) is 8.12. The van der Waals surface area contributed by atoms with E-state index in [1.165, 1.54) is 6.92 Å². The third-order valence-corrected chi connectivity index (χ3v) is 2.94. The van der Waals surface area contributed by atoms with Crippen molar-refractivity contribution in [3.05, 3.63) is 0 Å². The van der Waals surface area contributed by atoms with Crippen molar-refractivity contribution in [3.63, 3.8) is 0 Å². The Kier molecular flexibility index (Phi) is 8.81. The van der Waals surface area contributed by atoms with Crippen LogP contribution in [-0.4, -0.2) is 65.2 Å². The van der Waals surface area contributed by atoms with Gasteiger partial charge in [-0.25, -0.2) is 0 Å². The van der Waals surface area contributed by atoms with Crippen molar-refractivity contribution in [3.8, 4) is 0 Å². The topological polar surface area (TPSA) is 171 Å². The first-order chi connectivity index (χ1) is 10.6. The van der Waals surface area contributed by atoms with Gasteiger partial charge in [-0.1, -0.05) is 13.8 Å². The van der Waals surface area contributed by atoms with Crippen molar-refractivity contribution in [2.24, 2.45) is 11.7 Å². The second kappa shape index (κ2) is 9.74. The van der Waals surface area contributed by atoms with Crippen LogP contribution >= 0.6 is 0 Å². The molecule has 0 aliphatic carbocycles. The van der Waals surface area contributed by atoms with E-state index >= 15 is 0 Å². The van der Waals surface area contributed by atoms with Crippen molar-refractivity contribution in [1.29, 1.82) is 0 Å². The normalized spacial score (nSPS) is 14.5. The van der Waals surface area contributed by atoms with E-state index in [-0.39, 0.29) is 5.92 Å². The maximum atomic E-state index is 11.7. The molecule has 3 amide bonds. The molecule has 0 fully saturated rings. The summed E-state index contributed by atoms with van der Waals surface area (Å²) >= 11 is 0. The van der Waals surface area contributed by atoms with Gasteiger partial charge >= 0.3 is 5.97 Å². The molecule has 23 heavy (non-hydrogen) atoms. The van der Waals surface area contributed by atoms with Gasteiger partial charge < -0.3 is 31.9 Å². The predicted molar refractivity (Wildman–Crippen MR) is 80.1 cm³/mol. The number of hydrogen-bond acceptors (Lipinski definition) is 6. The molecular formula is C13H24N4O6. The molecule has 0 saturated carbocycles. The van der Waals surface area contributed by atoms with Gasteiger partial charge in [0.05, 0.1) is 18.7 Å². The Morgan fingerprint density at radius 3 is 1.96 bits per heavy atom. The lowest BCUT2D eigenvalue weighted by molar-refractivity contribution is -0.139. The molecule has 3 unspecified atom stereocenters. The second-order valence-corrected chi connectivity index (χ2v) is 5.38. The third-order valence-electron chi connectivity index (χ3n) is 2.94. The molecule has 0 radical (unpaired) electrons. The zero-order valence-corrected chi connectivity index (χ0v) is 13.3. The molecule has 0 heterocycles. The van der Waals surface area contributed by atoms with Gasteiger partial charge in [-0.15, -0.1) is 0 Å². The molecule has 7 N–H and O–H groups in total. The SMILES string of the molecule is CC(C)C(N)C(=O)NCC(=O)NC(C(=O)NCC(=O)O)C(C)O. The van der Waals surface area contributed by atoms with Crippen LogP contribution in [0.2, 0.25) is 0 Å². The van der Waals surface area contributed by atoms with E-state index in [0.717, 1.165) is 0 Å². The smallest absolute Gasteiger partial charge is 0.322 e. The van der Waals surface area contributed by atoms with E-state index in [0.29, 0.717) is 0 Å². The highest BCUT2D eigenvalue weighted by molar-refractivity contribution is 5.92. The summed E-state index contributed by atoms with van der Waals surface area (Å²) in [6.45, 7) is 3.70. The lowest BCUT2D eigenvalue weighted by Crippen LogP contribution is -2.55. The predicted octanol–water partition coefficient (Wildman–Crippen LogP) is -2.85. The number of nitrogens with two attached hydrogens (primary N) is 1. The lowest BCUT2D eigenvalue weighted by Gasteiger charge is -2.21. The van der Waals surface area contributed by atoms with E-state index in [4.69, 9.17) is 10.8 Å². The molecule has 132 valence electrons. The number of amides is 3. The molecule has 0 aromatic rings. The summed E-state index contributed by atoms with van der Waals surface area (Å²) in [5, 5.41) is 24.6. The zero-order chi connectivity index (χ0) is 18.2. The number of aliphatic hydroxyl groups is 1. The van der Waals surface area contributed by atoms with Gasteiger partial charge in [0, 0.05) is 0 Å². The first-order valence-corrected chi connectivity index (χ1v) is 7.06. The Morgan fingerprint density at radius 1 is 1.00 bits per heavy atom. The lowest BCUT2D eigenvalue weighted by atomic mass is 10.1. The van der Waals surface area contributed by atoms with Crippen LogP contribution in [-0.2, 0) is 19.2 Å². The molecule has 10 nitrogen and oxygen atoms in total. The first kappa shape index (κ1) is 20.8. The number of hydrogen-bond donors (Lipinski definition) is 6. The summed E-state index contributed by atoms with van der Waals surface area (Å²) in [6, 6.07) is -2.10. The second-order valence-electron chi connectivity index (χ2n) is 5.38. The highest BCUT2D eigenvalue weighted by Gasteiger charge is 2.26. The maximum absolute atomic E-state index is 11.7. The fourth-order valence-corrected chi connectivity index (χ4v) is 1.49. The Morgan fingerprint density at radius 2 is 1.52 bits per heavy atom. The molecule has 0 saturated heterocycles. The van der Waals surface area contributed by atoms with Crippen LogP contribution in [0.1, 0.15) is 20.8 Å². The highest BCUT2D eigenvalue weighted by atomic mass is 16.4. The molecule has 10 heteroatoms. The Hall–Kier alpha value is -2.20. The maximum Gasteiger partial charge on any atom is 0.322 e. The van der Waals surface area contributed by atoms with Gasteiger partial charge in [-0.3, -0.25) is 19.2 Å². The summed E-state index contributed by atoms with van der Waals surface area (Å²) in [6.07, 6.45) is -1.25. The minimum atomic E-state index is -1.34. The zero-order valence-electron chi connectivity index (χ0n) is 13.3. The van der Waals surface area contributed by atoms with E-state index in [9.17, 15) is 24.3 Å². The van der Waals surface area contributed by atoms with Crippen LogP contribution in [0.15, 0.2) is 0 Å². The molecule has 0 aromatic heterocycles. The number of aliphatic hydroxyl groups excluding tert-OH is 1. The number of carboxylic acid groups (broad SMARTS) is 1. The summed E-state index contributed by atoms with van der Waals surface area (Å²) < 4.78 is 0. The number of nitrogens with one attached hydrogen (secondary N) is 3. The van der Waals surface area contributed by atoms with Crippen LogP contribution in [0, 0.1) is 5.92 Å². The van der Waals surface area contributed by atoms with E-state index in [1.54, 1.807) is 13.8 Å². The van der Waals surface area contributed by atoms with Crippen molar-refractivity contribution in [2.45, 2.75) is 39.0 Å². The summed E-state index contributed by atoms with van der Waals surface area (Å²) in [7, 11) is 0. The van der Waals surface area contributed by atoms with Crippen molar-refractivity contribution >= 4 is 23.7 Å². The average molecular weight is 332 g/mol. The average Bonchev–Trinajstić information content (AvgIpc) is 2.46. The van der Waals surface area contributed by atoms with Crippen LogP contribution < -0.4 is 21.7 Å². The van der Waals surface area contributed by atoms with Crippen LogP contribution in [0.3, 0.4) is 0 Å². The van der Waals surface area contributed by atoms with Gasteiger partial charge in [0.15, 0.2) is 0 Å². The standard InChI is InChI=1S/C13H24N4O6/c1-6(2)10(14)12(22)15-4-8(19)17-11(7(3)18)13(23)16-5-9(20)21/h6-7,10-11,18H,4-5,14H2,1-3H3,(H,15,22)(H,16,23)(H,17,19)(H,20,21). The molecule has 3 atom stereocenters. The summed E-state index contributed by atoms with van der Waals surface area (Å²) in [5.74, 6) is -3.44. The van der Waals surface area contributed by atoms with Gasteiger partial charge in [-0.05, 0) is 12.8 Å². The quantitative estimate of drug-likeness (QED) is 0.264. The largest absolute Gasteiger partial charge is 0.480 e. The monoisotopic (exact) mass is 332 g/mol. The van der Waals surface area contributed by atoms with E-state index < -0.39 is 55.0 Å². The fourth-order valence-electron chi connectivity index (χ4n) is 1.49. The van der Waals surface area contributed by atoms with Gasteiger partial charge in [0.2, 0.25) is 17.7 Å². The van der Waals surface area contributed by atoms with Gasteiger partial charge in [0.25, 0.3) is 0 Å². The van der Waals surface area contributed by atoms with Crippen LogP contribution in [0.5, 0.6) is 0 Å². The molecule has 0 aliphatic heterocycles. The van der Waals surface area contributed by atoms with Crippen LogP contribution in [0.25, 0.3) is 0 Å². The van der Waals surface area contributed by atoms with Gasteiger partial charge in [-0.2, -0.15) is 0 Å². The molecule has 0 aromatic carbocycles. The van der Waals surface area contributed by atoms with E-state index in [2.05, 4.69) is 10.6 Å². The van der Waals surface area contributed by atoms with Gasteiger partial charge in [0.1, 0.15) is 12.6 Å². The minimum Gasteiger partial charge on any atom is -0.480 e. The minimum absolute atomic E-state index is 0.106. The van der Waals surface area contributed by atoms with Crippen molar-refractivity contribution < 1.29 is 29.4 Å². The number of carbonyl (C=O) groups excluding carboxylic acids is 3. The number of carbonyl (C=O) groups is 4. The van der Waals surface area contributed by atoms with Crippen molar-refractivity contribution in [2.75, 3.05) is 13.1 Å². The number of rotatable bonds is 9. The molecule has 0 spiro atoms.